The van der Waals surface area contributed by atoms with Crippen LogP contribution in [0, 0.1) is 0 Å². The van der Waals surface area contributed by atoms with E-state index in [1.807, 2.05) is 54.6 Å². The number of rotatable bonds is 2. The van der Waals surface area contributed by atoms with Crippen LogP contribution in [0.3, 0.4) is 0 Å². The zero-order valence-corrected chi connectivity index (χ0v) is 18.5. The normalized spacial score (nSPS) is 10.3. The predicted molar refractivity (Wildman–Crippen MR) is 122 cm³/mol. The third-order valence-electron chi connectivity index (χ3n) is 4.32. The van der Waals surface area contributed by atoms with Crippen LogP contribution < -0.4 is 0 Å². The molecule has 0 bridgehead atoms. The largest absolute Gasteiger partial charge is 0.478 e. The Kier molecular flexibility index (Phi) is 6.67. The zero-order chi connectivity index (χ0) is 21.0. The first-order valence-corrected chi connectivity index (χ1v) is 10.2. The second kappa shape index (κ2) is 9.20. The molecule has 0 aliphatic heterocycles. The van der Waals surface area contributed by atoms with Crippen LogP contribution >= 0.6 is 31.9 Å². The lowest BCUT2D eigenvalue weighted by Gasteiger charge is -2.03. The van der Waals surface area contributed by atoms with E-state index in [1.54, 1.807) is 18.2 Å². The summed E-state index contributed by atoms with van der Waals surface area (Å²) in [5.74, 6) is -1.20. The van der Waals surface area contributed by atoms with Gasteiger partial charge in [0.1, 0.15) is 0 Å². The molecule has 0 aliphatic rings. The molecule has 0 saturated heterocycles. The number of esters is 1. The maximum absolute atomic E-state index is 11.3. The monoisotopic (exact) mass is 514 g/mol. The lowest BCUT2D eigenvalue weighted by molar-refractivity contribution is 0.0600. The second-order valence-corrected chi connectivity index (χ2v) is 7.86. The van der Waals surface area contributed by atoms with Crippen LogP contribution in [0.25, 0.3) is 21.5 Å². The summed E-state index contributed by atoms with van der Waals surface area (Å²) in [6, 6.07) is 22.2. The summed E-state index contributed by atoms with van der Waals surface area (Å²) < 4.78 is 6.67. The maximum atomic E-state index is 11.3. The van der Waals surface area contributed by atoms with Gasteiger partial charge in [0.05, 0.1) is 18.2 Å². The molecule has 29 heavy (non-hydrogen) atoms. The number of fused-ring (bicyclic) bond motifs is 2. The second-order valence-electron chi connectivity index (χ2n) is 6.15. The first-order valence-electron chi connectivity index (χ1n) is 8.59. The Morgan fingerprint density at radius 3 is 1.72 bits per heavy atom. The van der Waals surface area contributed by atoms with Crippen molar-refractivity contribution >= 4 is 65.3 Å². The van der Waals surface area contributed by atoms with Gasteiger partial charge in [-0.05, 0) is 57.9 Å². The van der Waals surface area contributed by atoms with Crippen molar-refractivity contribution in [2.24, 2.45) is 0 Å². The molecule has 0 unspecified atom stereocenters. The van der Waals surface area contributed by atoms with Crippen molar-refractivity contribution in [3.05, 3.63) is 92.9 Å². The van der Waals surface area contributed by atoms with Crippen molar-refractivity contribution in [1.82, 2.24) is 0 Å². The number of carboxylic acid groups (broad SMARTS) is 1. The van der Waals surface area contributed by atoms with Crippen molar-refractivity contribution in [1.29, 1.82) is 0 Å². The Hall–Kier alpha value is -2.70. The molecule has 0 fully saturated rings. The summed E-state index contributed by atoms with van der Waals surface area (Å²) in [5.41, 5.74) is 0.888. The number of aromatic carboxylic acids is 1. The molecule has 6 heteroatoms. The van der Waals surface area contributed by atoms with E-state index < -0.39 is 5.97 Å². The molecule has 1 N–H and O–H groups in total. The van der Waals surface area contributed by atoms with Gasteiger partial charge in [0.2, 0.25) is 0 Å². The lowest BCUT2D eigenvalue weighted by Crippen LogP contribution is -2.00. The standard InChI is InChI=1S/C12H9BrO2.C11H7BrO2/c1-15-12(14)9-5-6-10-8(7-9)3-2-4-11(10)13;12-10-3-1-2-7-6-8(11(13)14)4-5-9(7)10/h2-7H,1H3;1-6H,(H,13,14). The highest BCUT2D eigenvalue weighted by molar-refractivity contribution is 9.11. The van der Waals surface area contributed by atoms with E-state index in [0.717, 1.165) is 30.5 Å². The number of ether oxygens (including phenoxy) is 1. The number of hydrogen-bond donors (Lipinski definition) is 1. The number of carboxylic acids is 1. The molecule has 4 aromatic rings. The number of carbonyl (C=O) groups excluding carboxylic acids is 1. The van der Waals surface area contributed by atoms with Crippen LogP contribution in [0.15, 0.2) is 81.7 Å². The number of methoxy groups -OCH3 is 1. The molecule has 0 radical (unpaired) electrons. The molecule has 0 saturated carbocycles. The molecular formula is C23H16Br2O4. The molecule has 146 valence electrons. The summed E-state index contributed by atoms with van der Waals surface area (Å²) >= 11 is 6.87. The predicted octanol–water partition coefficient (Wildman–Crippen LogP) is 6.69. The zero-order valence-electron chi connectivity index (χ0n) is 15.4. The van der Waals surface area contributed by atoms with Crippen molar-refractivity contribution in [2.75, 3.05) is 7.11 Å². The molecule has 0 heterocycles. The van der Waals surface area contributed by atoms with E-state index in [1.165, 1.54) is 7.11 Å². The van der Waals surface area contributed by atoms with Crippen molar-refractivity contribution in [3.8, 4) is 0 Å². The summed E-state index contributed by atoms with van der Waals surface area (Å²) in [7, 11) is 1.38. The van der Waals surface area contributed by atoms with Gasteiger partial charge in [-0.25, -0.2) is 9.59 Å². The molecule has 4 aromatic carbocycles. The first-order chi connectivity index (χ1) is 13.9. The fraction of sp³-hybridized carbons (Fsp3) is 0.0435. The average Bonchev–Trinajstić information content (AvgIpc) is 2.73. The minimum absolute atomic E-state index is 0.308. The fourth-order valence-electron chi connectivity index (χ4n) is 2.87. The van der Waals surface area contributed by atoms with E-state index in [9.17, 15) is 9.59 Å². The Bertz CT molecular complexity index is 1220. The maximum Gasteiger partial charge on any atom is 0.337 e. The van der Waals surface area contributed by atoms with Gasteiger partial charge in [0, 0.05) is 8.95 Å². The Morgan fingerprint density at radius 2 is 1.24 bits per heavy atom. The Morgan fingerprint density at radius 1 is 0.759 bits per heavy atom. The van der Waals surface area contributed by atoms with Crippen LogP contribution in [-0.4, -0.2) is 24.2 Å². The molecular weight excluding hydrogens is 500 g/mol. The molecule has 0 spiro atoms. The fourth-order valence-corrected chi connectivity index (χ4v) is 3.89. The van der Waals surface area contributed by atoms with Gasteiger partial charge in [0.25, 0.3) is 0 Å². The minimum atomic E-state index is -0.896. The molecule has 4 nitrogen and oxygen atoms in total. The molecule has 0 aliphatic carbocycles. The van der Waals surface area contributed by atoms with Gasteiger partial charge < -0.3 is 9.84 Å². The van der Waals surface area contributed by atoms with Gasteiger partial charge in [-0.3, -0.25) is 0 Å². The van der Waals surface area contributed by atoms with Crippen LogP contribution in [0.4, 0.5) is 0 Å². The molecule has 0 atom stereocenters. The number of halogens is 2. The Balaban J connectivity index is 0.000000166. The molecule has 0 aromatic heterocycles. The summed E-state index contributed by atoms with van der Waals surface area (Å²) in [4.78, 5) is 22.0. The van der Waals surface area contributed by atoms with Gasteiger partial charge in [-0.15, -0.1) is 0 Å². The first kappa shape index (κ1) is 21.0. The minimum Gasteiger partial charge on any atom is -0.478 e. The van der Waals surface area contributed by atoms with Gasteiger partial charge in [-0.2, -0.15) is 0 Å². The number of hydrogen-bond acceptors (Lipinski definition) is 3. The van der Waals surface area contributed by atoms with Crippen molar-refractivity contribution in [3.63, 3.8) is 0 Å². The highest BCUT2D eigenvalue weighted by atomic mass is 79.9. The van der Waals surface area contributed by atoms with E-state index in [-0.39, 0.29) is 5.97 Å². The summed E-state index contributed by atoms with van der Waals surface area (Å²) in [5, 5.41) is 12.9. The highest BCUT2D eigenvalue weighted by Gasteiger charge is 2.06. The van der Waals surface area contributed by atoms with Crippen LogP contribution in [0.1, 0.15) is 20.7 Å². The van der Waals surface area contributed by atoms with Crippen molar-refractivity contribution < 1.29 is 19.4 Å². The quantitative estimate of drug-likeness (QED) is 0.302. The smallest absolute Gasteiger partial charge is 0.337 e. The van der Waals surface area contributed by atoms with E-state index >= 15 is 0 Å². The Labute approximate surface area is 184 Å². The lowest BCUT2D eigenvalue weighted by atomic mass is 10.1. The van der Waals surface area contributed by atoms with Crippen LogP contribution in [0.5, 0.6) is 0 Å². The van der Waals surface area contributed by atoms with Gasteiger partial charge in [-0.1, -0.05) is 68.3 Å². The van der Waals surface area contributed by atoms with E-state index in [4.69, 9.17) is 5.11 Å². The van der Waals surface area contributed by atoms with E-state index in [0.29, 0.717) is 11.1 Å². The average molecular weight is 516 g/mol. The molecule has 4 rings (SSSR count). The number of benzene rings is 4. The topological polar surface area (TPSA) is 63.6 Å². The SMILES string of the molecule is COC(=O)c1ccc2c(Br)cccc2c1.O=C(O)c1ccc2c(Br)cccc2c1. The summed E-state index contributed by atoms with van der Waals surface area (Å²) in [6.45, 7) is 0. The van der Waals surface area contributed by atoms with Gasteiger partial charge in [0.15, 0.2) is 0 Å². The third-order valence-corrected chi connectivity index (χ3v) is 5.71. The summed E-state index contributed by atoms with van der Waals surface area (Å²) in [6.07, 6.45) is 0. The van der Waals surface area contributed by atoms with Crippen molar-refractivity contribution in [2.45, 2.75) is 0 Å². The van der Waals surface area contributed by atoms with Crippen LogP contribution in [-0.2, 0) is 4.74 Å². The van der Waals surface area contributed by atoms with E-state index in [2.05, 4.69) is 36.6 Å². The highest BCUT2D eigenvalue weighted by Crippen LogP contribution is 2.25. The van der Waals surface area contributed by atoms with Gasteiger partial charge >= 0.3 is 11.9 Å². The third kappa shape index (κ3) is 4.83. The molecule has 0 amide bonds. The number of carbonyl (C=O) groups is 2. The van der Waals surface area contributed by atoms with Crippen LogP contribution in [0.2, 0.25) is 0 Å².